The zero-order valence-corrected chi connectivity index (χ0v) is 12.6. The molecule has 0 saturated carbocycles. The lowest BCUT2D eigenvalue weighted by Gasteiger charge is -2.22. The number of aromatic hydroxyl groups is 1. The van der Waals surface area contributed by atoms with Crippen molar-refractivity contribution in [1.29, 1.82) is 0 Å². The number of aliphatic hydroxyl groups is 1. The maximum Gasteiger partial charge on any atom is 0.276 e. The summed E-state index contributed by atoms with van der Waals surface area (Å²) in [6.07, 6.45) is 1.28. The van der Waals surface area contributed by atoms with Gasteiger partial charge < -0.3 is 15.5 Å². The maximum atomic E-state index is 13.1. The van der Waals surface area contributed by atoms with E-state index in [9.17, 15) is 14.3 Å². The Labute approximate surface area is 127 Å². The number of hydrogen-bond donors (Lipinski definition) is 3. The Kier molecular flexibility index (Phi) is 4.18. The molecule has 3 N–H and O–H groups in total. The Hall–Kier alpha value is -2.41. The van der Waals surface area contributed by atoms with E-state index in [-0.39, 0.29) is 23.9 Å². The van der Waals surface area contributed by atoms with Crippen LogP contribution in [0.15, 0.2) is 24.4 Å². The van der Waals surface area contributed by atoms with Crippen LogP contribution in [0.2, 0.25) is 0 Å². The largest absolute Gasteiger partial charge is 0.504 e. The summed E-state index contributed by atoms with van der Waals surface area (Å²) in [5, 5.41) is 25.7. The summed E-state index contributed by atoms with van der Waals surface area (Å²) in [4.78, 5) is 12.1. The molecule has 0 bridgehead atoms. The summed E-state index contributed by atoms with van der Waals surface area (Å²) in [6.45, 7) is 4.73. The summed E-state index contributed by atoms with van der Waals surface area (Å²) in [6, 6.07) is 4.12. The fourth-order valence-corrected chi connectivity index (χ4v) is 1.93. The summed E-state index contributed by atoms with van der Waals surface area (Å²) < 4.78 is 14.4. The molecule has 2 aromatic rings. The molecule has 0 aliphatic heterocycles. The lowest BCUT2D eigenvalue weighted by molar-refractivity contribution is 0.0861. The highest BCUT2D eigenvalue weighted by Gasteiger charge is 2.24. The average molecular weight is 307 g/mol. The van der Waals surface area contributed by atoms with E-state index in [0.717, 1.165) is 0 Å². The Morgan fingerprint density at radius 3 is 2.73 bits per heavy atom. The van der Waals surface area contributed by atoms with Crippen molar-refractivity contribution in [3.8, 4) is 11.4 Å². The van der Waals surface area contributed by atoms with Gasteiger partial charge in [-0.25, -0.2) is 9.07 Å². The molecule has 7 heteroatoms. The van der Waals surface area contributed by atoms with Crippen molar-refractivity contribution in [3.63, 3.8) is 0 Å². The smallest absolute Gasteiger partial charge is 0.276 e. The first kappa shape index (κ1) is 16.0. The number of rotatable bonds is 4. The van der Waals surface area contributed by atoms with Crippen molar-refractivity contribution in [2.24, 2.45) is 0 Å². The van der Waals surface area contributed by atoms with Gasteiger partial charge in [0.15, 0.2) is 11.4 Å². The molecular formula is C15H18FN3O3. The van der Waals surface area contributed by atoms with Crippen molar-refractivity contribution in [1.82, 2.24) is 15.1 Å². The second kappa shape index (κ2) is 5.76. The van der Waals surface area contributed by atoms with Crippen LogP contribution in [0.3, 0.4) is 0 Å². The molecule has 1 amide bonds. The number of aromatic nitrogens is 2. The number of carbonyl (C=O) groups excluding carboxylic acids is 1. The van der Waals surface area contributed by atoms with Crippen molar-refractivity contribution < 1.29 is 19.4 Å². The molecule has 1 heterocycles. The van der Waals surface area contributed by atoms with E-state index in [4.69, 9.17) is 5.11 Å². The first-order valence-electron chi connectivity index (χ1n) is 6.72. The number of amides is 1. The van der Waals surface area contributed by atoms with Gasteiger partial charge in [0, 0.05) is 0 Å². The lowest BCUT2D eigenvalue weighted by atomic mass is 10.1. The minimum Gasteiger partial charge on any atom is -0.504 e. The van der Waals surface area contributed by atoms with E-state index >= 15 is 0 Å². The number of nitrogens with one attached hydrogen (secondary N) is 1. The molecule has 0 spiro atoms. The lowest BCUT2D eigenvalue weighted by Crippen LogP contribution is -2.46. The Morgan fingerprint density at radius 2 is 2.14 bits per heavy atom. The molecule has 0 saturated heterocycles. The third-order valence-corrected chi connectivity index (χ3v) is 3.16. The van der Waals surface area contributed by atoms with Crippen molar-refractivity contribution >= 4 is 5.91 Å². The first-order valence-corrected chi connectivity index (χ1v) is 6.72. The van der Waals surface area contributed by atoms with Crippen LogP contribution in [0.25, 0.3) is 5.69 Å². The van der Waals surface area contributed by atoms with Gasteiger partial charge in [0.25, 0.3) is 5.91 Å². The highest BCUT2D eigenvalue weighted by Crippen LogP contribution is 2.21. The van der Waals surface area contributed by atoms with Crippen LogP contribution in [0, 0.1) is 12.7 Å². The fourth-order valence-electron chi connectivity index (χ4n) is 1.93. The predicted molar refractivity (Wildman–Crippen MR) is 78.6 cm³/mol. The van der Waals surface area contributed by atoms with Crippen molar-refractivity contribution in [3.05, 3.63) is 41.5 Å². The predicted octanol–water partition coefficient (Wildman–Crippen LogP) is 1.53. The molecule has 0 radical (unpaired) electrons. The number of benzene rings is 1. The van der Waals surface area contributed by atoms with Crippen molar-refractivity contribution in [2.75, 3.05) is 6.61 Å². The molecule has 0 aliphatic carbocycles. The Bertz CT molecular complexity index is 710. The monoisotopic (exact) mass is 307 g/mol. The summed E-state index contributed by atoms with van der Waals surface area (Å²) >= 11 is 0. The molecule has 1 aromatic heterocycles. The minimum atomic E-state index is -0.834. The second-order valence-corrected chi connectivity index (χ2v) is 5.73. The highest BCUT2D eigenvalue weighted by atomic mass is 19.1. The van der Waals surface area contributed by atoms with Crippen LogP contribution in [-0.4, -0.2) is 38.0 Å². The molecule has 118 valence electrons. The van der Waals surface area contributed by atoms with Crippen molar-refractivity contribution in [2.45, 2.75) is 26.3 Å². The Balaban J connectivity index is 2.34. The van der Waals surface area contributed by atoms with Gasteiger partial charge in [-0.2, -0.15) is 5.10 Å². The molecule has 0 atom stereocenters. The third kappa shape index (κ3) is 3.25. The number of carbonyl (C=O) groups is 1. The van der Waals surface area contributed by atoms with E-state index in [1.807, 2.05) is 0 Å². The summed E-state index contributed by atoms with van der Waals surface area (Å²) in [5.41, 5.74) is 0.173. The number of aryl methyl sites for hydroxylation is 1. The summed E-state index contributed by atoms with van der Waals surface area (Å²) in [7, 11) is 0. The summed E-state index contributed by atoms with van der Waals surface area (Å²) in [5.74, 6) is -1.27. The van der Waals surface area contributed by atoms with Gasteiger partial charge in [0.1, 0.15) is 5.82 Å². The van der Waals surface area contributed by atoms with E-state index in [0.29, 0.717) is 11.3 Å². The first-order chi connectivity index (χ1) is 10.2. The number of aliphatic hydroxyl groups excluding tert-OH is 1. The fraction of sp³-hybridized carbons (Fsp3) is 0.333. The maximum absolute atomic E-state index is 13.1. The molecule has 1 aromatic carbocycles. The van der Waals surface area contributed by atoms with E-state index in [1.165, 1.54) is 29.1 Å². The molecular weight excluding hydrogens is 289 g/mol. The van der Waals surface area contributed by atoms with Gasteiger partial charge in [-0.1, -0.05) is 0 Å². The topological polar surface area (TPSA) is 87.4 Å². The van der Waals surface area contributed by atoms with Crippen LogP contribution in [0.1, 0.15) is 29.9 Å². The highest BCUT2D eigenvalue weighted by molar-refractivity contribution is 5.95. The molecule has 0 fully saturated rings. The second-order valence-electron chi connectivity index (χ2n) is 5.73. The van der Waals surface area contributed by atoms with Gasteiger partial charge in [0.05, 0.1) is 24.0 Å². The molecule has 6 nitrogen and oxygen atoms in total. The van der Waals surface area contributed by atoms with Gasteiger partial charge >= 0.3 is 0 Å². The van der Waals surface area contributed by atoms with Gasteiger partial charge in [-0.15, -0.1) is 0 Å². The van der Waals surface area contributed by atoms with E-state index in [2.05, 4.69) is 10.4 Å². The molecule has 2 rings (SSSR count). The number of hydrogen-bond acceptors (Lipinski definition) is 4. The van der Waals surface area contributed by atoms with Crippen LogP contribution >= 0.6 is 0 Å². The van der Waals surface area contributed by atoms with Crippen LogP contribution in [0.4, 0.5) is 4.39 Å². The van der Waals surface area contributed by atoms with Gasteiger partial charge in [-0.3, -0.25) is 4.79 Å². The van der Waals surface area contributed by atoms with Gasteiger partial charge in [-0.05, 0) is 44.5 Å². The molecule has 0 unspecified atom stereocenters. The minimum absolute atomic E-state index is 0.162. The quantitative estimate of drug-likeness (QED) is 0.799. The van der Waals surface area contributed by atoms with E-state index in [1.54, 1.807) is 20.8 Å². The van der Waals surface area contributed by atoms with Crippen LogP contribution in [0.5, 0.6) is 5.75 Å². The Morgan fingerprint density at radius 1 is 1.45 bits per heavy atom. The zero-order valence-electron chi connectivity index (χ0n) is 12.6. The normalized spacial score (nSPS) is 11.5. The van der Waals surface area contributed by atoms with Crippen LogP contribution in [-0.2, 0) is 0 Å². The molecule has 0 aliphatic rings. The SMILES string of the molecule is Cc1cc(F)ccc1-n1cc(O)c(C(=O)NC(C)(C)CO)n1. The van der Waals surface area contributed by atoms with Gasteiger partial charge in [0.2, 0.25) is 0 Å². The van der Waals surface area contributed by atoms with E-state index < -0.39 is 11.4 Å². The third-order valence-electron chi connectivity index (χ3n) is 3.16. The number of halogens is 1. The molecule has 22 heavy (non-hydrogen) atoms. The van der Waals surface area contributed by atoms with Crippen LogP contribution < -0.4 is 5.32 Å². The number of nitrogens with zero attached hydrogens (tertiary/aromatic N) is 2. The average Bonchev–Trinajstić information content (AvgIpc) is 2.80. The standard InChI is InChI=1S/C15H18FN3O3/c1-9-6-10(16)4-5-11(9)19-7-12(21)13(18-19)14(22)17-15(2,3)8-20/h4-7,20-21H,8H2,1-3H3,(H,17,22). The zero-order chi connectivity index (χ0) is 16.5.